The fourth-order valence-electron chi connectivity index (χ4n) is 2.28. The van der Waals surface area contributed by atoms with Crippen LogP contribution in [0.25, 0.3) is 0 Å². The molecular weight excluding hydrogens is 344 g/mol. The summed E-state index contributed by atoms with van der Waals surface area (Å²) in [7, 11) is 4.92. The Kier molecular flexibility index (Phi) is 5.84. The molecule has 0 fully saturated rings. The highest BCUT2D eigenvalue weighted by molar-refractivity contribution is 5.84. The van der Waals surface area contributed by atoms with Gasteiger partial charge >= 0.3 is 6.01 Å². The van der Waals surface area contributed by atoms with Crippen LogP contribution in [0, 0.1) is 0 Å². The molecule has 0 aliphatic carbocycles. The Hall–Kier alpha value is -3.61. The van der Waals surface area contributed by atoms with Crippen LogP contribution in [-0.4, -0.2) is 37.4 Å². The van der Waals surface area contributed by atoms with Crippen molar-refractivity contribution in [3.8, 4) is 23.5 Å². The largest absolute Gasteiger partial charge is 0.481 e. The lowest BCUT2D eigenvalue weighted by Crippen LogP contribution is -2.08. The first-order valence-corrected chi connectivity index (χ1v) is 8.26. The molecule has 0 N–H and O–H groups in total. The number of hydrogen-bond donors (Lipinski definition) is 0. The maximum absolute atomic E-state index is 5.84. The maximum Gasteiger partial charge on any atom is 0.328 e. The molecule has 0 saturated heterocycles. The molecule has 0 spiro atoms. The molecule has 0 atom stereocenters. The quantitative estimate of drug-likeness (QED) is 0.470. The Morgan fingerprint density at radius 3 is 2.19 bits per heavy atom. The number of ether oxygens (including phenoxy) is 3. The van der Waals surface area contributed by atoms with Gasteiger partial charge in [0.15, 0.2) is 0 Å². The topological polar surface area (TPSA) is 69.1 Å². The predicted octanol–water partition coefficient (Wildman–Crippen LogP) is 3.76. The number of methoxy groups -OCH3 is 2. The molecule has 0 radical (unpaired) electrons. The number of hydrazone groups is 1. The van der Waals surface area contributed by atoms with Crippen molar-refractivity contribution in [3.05, 3.63) is 66.2 Å². The van der Waals surface area contributed by atoms with E-state index in [0.717, 1.165) is 11.3 Å². The zero-order chi connectivity index (χ0) is 19.1. The van der Waals surface area contributed by atoms with Crippen molar-refractivity contribution in [2.24, 2.45) is 5.10 Å². The summed E-state index contributed by atoms with van der Waals surface area (Å²) < 4.78 is 16.1. The van der Waals surface area contributed by atoms with E-state index >= 15 is 0 Å². The molecule has 0 amide bonds. The van der Waals surface area contributed by atoms with Crippen LogP contribution in [0.3, 0.4) is 0 Å². The van der Waals surface area contributed by atoms with E-state index in [9.17, 15) is 0 Å². The van der Waals surface area contributed by atoms with Gasteiger partial charge in [-0.25, -0.2) is 0 Å². The average Bonchev–Trinajstić information content (AvgIpc) is 2.73. The van der Waals surface area contributed by atoms with Crippen LogP contribution in [0.2, 0.25) is 0 Å². The van der Waals surface area contributed by atoms with Crippen molar-refractivity contribution >= 4 is 11.9 Å². The average molecular weight is 364 g/mol. The third-order valence-corrected chi connectivity index (χ3v) is 3.70. The number of hydrogen-bond acceptors (Lipinski definition) is 7. The molecule has 0 aliphatic heterocycles. The zero-order valence-corrected chi connectivity index (χ0v) is 15.4. The molecule has 138 valence electrons. The summed E-state index contributed by atoms with van der Waals surface area (Å²) in [5, 5.41) is 6.25. The van der Waals surface area contributed by atoms with E-state index < -0.39 is 0 Å². The molecule has 3 rings (SSSR count). The van der Waals surface area contributed by atoms with E-state index in [2.05, 4.69) is 15.1 Å². The van der Waals surface area contributed by atoms with Crippen LogP contribution >= 0.6 is 0 Å². The smallest absolute Gasteiger partial charge is 0.328 e. The summed E-state index contributed by atoms with van der Waals surface area (Å²) in [6, 6.07) is 19.1. The Labute approximate surface area is 157 Å². The van der Waals surface area contributed by atoms with Crippen molar-refractivity contribution in [1.82, 2.24) is 9.97 Å². The summed E-state index contributed by atoms with van der Waals surface area (Å²) in [4.78, 5) is 8.38. The van der Waals surface area contributed by atoms with Crippen molar-refractivity contribution < 1.29 is 14.2 Å². The minimum atomic E-state index is 0.128. The molecule has 1 aromatic heterocycles. The molecule has 7 nitrogen and oxygen atoms in total. The second-order valence-corrected chi connectivity index (χ2v) is 5.48. The summed E-state index contributed by atoms with van der Waals surface area (Å²) in [5.41, 5.74) is 1.76. The Balaban J connectivity index is 1.83. The molecule has 3 aromatic rings. The predicted molar refractivity (Wildman–Crippen MR) is 104 cm³/mol. The Morgan fingerprint density at radius 1 is 0.889 bits per heavy atom. The van der Waals surface area contributed by atoms with Crippen LogP contribution in [0.1, 0.15) is 5.56 Å². The van der Waals surface area contributed by atoms with E-state index in [-0.39, 0.29) is 6.01 Å². The first kappa shape index (κ1) is 18.2. The molecule has 0 saturated carbocycles. The Bertz CT molecular complexity index is 894. The number of para-hydroxylation sites is 2. The summed E-state index contributed by atoms with van der Waals surface area (Å²) in [6.07, 6.45) is 1.72. The number of anilines is 1. The monoisotopic (exact) mass is 364 g/mol. The fraction of sp³-hybridized carbons (Fsp3) is 0.150. The van der Waals surface area contributed by atoms with E-state index in [1.165, 1.54) is 14.2 Å². The number of benzene rings is 2. The first-order chi connectivity index (χ1) is 13.2. The summed E-state index contributed by atoms with van der Waals surface area (Å²) in [5.74, 6) is 1.27. The molecule has 2 aromatic carbocycles. The van der Waals surface area contributed by atoms with E-state index in [1.807, 2.05) is 61.6 Å². The third kappa shape index (κ3) is 4.72. The van der Waals surface area contributed by atoms with Gasteiger partial charge in [-0.2, -0.15) is 15.1 Å². The van der Waals surface area contributed by atoms with E-state index in [4.69, 9.17) is 14.2 Å². The second kappa shape index (κ2) is 8.66. The van der Waals surface area contributed by atoms with Gasteiger partial charge in [-0.05, 0) is 24.3 Å². The number of aromatic nitrogens is 2. The van der Waals surface area contributed by atoms with Crippen molar-refractivity contribution in [1.29, 1.82) is 0 Å². The lowest BCUT2D eigenvalue weighted by Gasteiger charge is -2.13. The van der Waals surface area contributed by atoms with Crippen LogP contribution < -0.4 is 19.2 Å². The van der Waals surface area contributed by atoms with Gasteiger partial charge in [-0.1, -0.05) is 30.3 Å². The molecule has 0 bridgehead atoms. The number of nitrogens with zero attached hydrogens (tertiary/aromatic N) is 4. The van der Waals surface area contributed by atoms with E-state index in [1.54, 1.807) is 17.3 Å². The number of rotatable bonds is 7. The third-order valence-electron chi connectivity index (χ3n) is 3.70. The van der Waals surface area contributed by atoms with Crippen molar-refractivity contribution in [2.45, 2.75) is 0 Å². The van der Waals surface area contributed by atoms with Gasteiger partial charge < -0.3 is 14.2 Å². The van der Waals surface area contributed by atoms with Gasteiger partial charge in [0.25, 0.3) is 0 Å². The standard InChI is InChI=1S/C20H20N4O3/c1-24(16-10-5-4-6-11-16)21-14-15-9-7-8-12-17(15)27-20-22-18(25-2)13-19(23-20)26-3/h4-14H,1-3H3. The van der Waals surface area contributed by atoms with Gasteiger partial charge in [0.05, 0.1) is 32.2 Å². The molecule has 27 heavy (non-hydrogen) atoms. The van der Waals surface area contributed by atoms with Gasteiger partial charge in [0.1, 0.15) is 5.75 Å². The van der Waals surface area contributed by atoms with Crippen LogP contribution in [-0.2, 0) is 0 Å². The minimum Gasteiger partial charge on any atom is -0.481 e. The molecule has 0 unspecified atom stereocenters. The zero-order valence-electron chi connectivity index (χ0n) is 15.4. The second-order valence-electron chi connectivity index (χ2n) is 5.48. The fourth-order valence-corrected chi connectivity index (χ4v) is 2.28. The minimum absolute atomic E-state index is 0.128. The molecule has 1 heterocycles. The lowest BCUT2D eigenvalue weighted by molar-refractivity contribution is 0.348. The van der Waals surface area contributed by atoms with Gasteiger partial charge in [0, 0.05) is 12.6 Å². The van der Waals surface area contributed by atoms with Crippen LogP contribution in [0.15, 0.2) is 65.8 Å². The lowest BCUT2D eigenvalue weighted by atomic mass is 10.2. The van der Waals surface area contributed by atoms with Crippen molar-refractivity contribution in [2.75, 3.05) is 26.3 Å². The SMILES string of the molecule is COc1cc(OC)nc(Oc2ccccc2C=NN(C)c2ccccc2)n1. The normalized spacial score (nSPS) is 10.6. The van der Waals surface area contributed by atoms with E-state index in [0.29, 0.717) is 17.5 Å². The summed E-state index contributed by atoms with van der Waals surface area (Å²) >= 11 is 0. The highest BCUT2D eigenvalue weighted by atomic mass is 16.5. The Morgan fingerprint density at radius 2 is 1.52 bits per heavy atom. The van der Waals surface area contributed by atoms with Crippen LogP contribution in [0.5, 0.6) is 23.5 Å². The molecule has 0 aliphatic rings. The maximum atomic E-state index is 5.84. The van der Waals surface area contributed by atoms with Gasteiger partial charge in [-0.3, -0.25) is 5.01 Å². The first-order valence-electron chi connectivity index (χ1n) is 8.26. The van der Waals surface area contributed by atoms with Crippen molar-refractivity contribution in [3.63, 3.8) is 0 Å². The van der Waals surface area contributed by atoms with Gasteiger partial charge in [-0.15, -0.1) is 0 Å². The highest BCUT2D eigenvalue weighted by Gasteiger charge is 2.10. The van der Waals surface area contributed by atoms with Crippen LogP contribution in [0.4, 0.5) is 5.69 Å². The summed E-state index contributed by atoms with van der Waals surface area (Å²) in [6.45, 7) is 0. The highest BCUT2D eigenvalue weighted by Crippen LogP contribution is 2.25. The van der Waals surface area contributed by atoms with Gasteiger partial charge in [0.2, 0.25) is 11.8 Å². The molecule has 7 heteroatoms. The molecular formula is C20H20N4O3.